The first-order chi connectivity index (χ1) is 18.4. The van der Waals surface area contributed by atoms with Gasteiger partial charge in [-0.2, -0.15) is 0 Å². The second-order valence-corrected chi connectivity index (χ2v) is 11.2. The molecule has 5 rings (SSSR count). The van der Waals surface area contributed by atoms with E-state index in [1.165, 1.54) is 34.1 Å². The van der Waals surface area contributed by atoms with E-state index in [4.69, 9.17) is 0 Å². The highest BCUT2D eigenvalue weighted by molar-refractivity contribution is 8.00. The minimum atomic E-state index is -1.45. The number of amides is 2. The highest BCUT2D eigenvalue weighted by atomic mass is 32.2. The largest absolute Gasteiger partial charge is 0.477 e. The molecule has 8 nitrogen and oxygen atoms in total. The monoisotopic (exact) mass is 547 g/mol. The van der Waals surface area contributed by atoms with E-state index in [0.29, 0.717) is 17.0 Å². The molecule has 2 amide bonds. The van der Waals surface area contributed by atoms with Crippen LogP contribution in [0.5, 0.6) is 0 Å². The Morgan fingerprint density at radius 1 is 1.13 bits per heavy atom. The summed E-state index contributed by atoms with van der Waals surface area (Å²) in [5.41, 5.74) is 1.16. The van der Waals surface area contributed by atoms with Crippen LogP contribution in [0.3, 0.4) is 0 Å². The van der Waals surface area contributed by atoms with Crippen molar-refractivity contribution in [2.24, 2.45) is 5.16 Å². The minimum Gasteiger partial charge on any atom is -0.477 e. The molecule has 3 N–H and O–H groups in total. The molecular formula is C28H25N3O5S2. The van der Waals surface area contributed by atoms with Crippen LogP contribution in [0.15, 0.2) is 89.0 Å². The normalized spacial score (nSPS) is 21.7. The van der Waals surface area contributed by atoms with Crippen LogP contribution >= 0.6 is 23.1 Å². The number of carboxylic acid groups (broad SMARTS) is 1. The molecule has 0 spiro atoms. The van der Waals surface area contributed by atoms with E-state index in [2.05, 4.69) is 10.5 Å². The van der Waals surface area contributed by atoms with Gasteiger partial charge < -0.3 is 15.6 Å². The van der Waals surface area contributed by atoms with Crippen molar-refractivity contribution in [2.45, 2.75) is 30.2 Å². The lowest BCUT2D eigenvalue weighted by Gasteiger charge is -2.56. The number of benzene rings is 2. The molecule has 3 aromatic rings. The average Bonchev–Trinajstić information content (AvgIpc) is 3.44. The first-order valence-electron chi connectivity index (χ1n) is 11.9. The van der Waals surface area contributed by atoms with Gasteiger partial charge in [0.25, 0.3) is 5.91 Å². The van der Waals surface area contributed by atoms with Gasteiger partial charge >= 0.3 is 5.97 Å². The SMILES string of the molecule is CC(=NO)C(c1ccccc1)c1cccc([C@@]2(NC(=O)Cc3cccs3)C(=O)N3C(C(=O)O)=CCS[C@H]32)c1. The van der Waals surface area contributed by atoms with E-state index in [0.717, 1.165) is 16.0 Å². The van der Waals surface area contributed by atoms with Crippen molar-refractivity contribution in [1.82, 2.24) is 10.2 Å². The zero-order valence-corrected chi connectivity index (χ0v) is 22.0. The van der Waals surface area contributed by atoms with Crippen molar-refractivity contribution >= 4 is 46.6 Å². The van der Waals surface area contributed by atoms with Crippen molar-refractivity contribution in [1.29, 1.82) is 0 Å². The van der Waals surface area contributed by atoms with Crippen LogP contribution in [-0.2, 0) is 26.3 Å². The zero-order chi connectivity index (χ0) is 26.9. The number of carbonyl (C=O) groups excluding carboxylic acids is 2. The summed E-state index contributed by atoms with van der Waals surface area (Å²) in [7, 11) is 0. The van der Waals surface area contributed by atoms with Gasteiger partial charge in [0.05, 0.1) is 18.1 Å². The molecule has 1 unspecified atom stereocenters. The van der Waals surface area contributed by atoms with Crippen molar-refractivity contribution in [2.75, 3.05) is 5.75 Å². The molecular weight excluding hydrogens is 522 g/mol. The number of β-lactam (4-membered cyclic amide) rings is 1. The molecule has 0 aliphatic carbocycles. The molecule has 3 heterocycles. The molecule has 0 bridgehead atoms. The Kier molecular flexibility index (Phi) is 7.09. The van der Waals surface area contributed by atoms with E-state index < -0.39 is 22.8 Å². The van der Waals surface area contributed by atoms with Gasteiger partial charge in [0.1, 0.15) is 11.1 Å². The van der Waals surface area contributed by atoms with Gasteiger partial charge in [-0.3, -0.25) is 14.5 Å². The standard InChI is InChI=1S/C28H25N3O5S2/c1-17(30-36)24(18-7-3-2-4-8-18)19-9-5-10-20(15-19)28(29-23(32)16-21-11-6-13-37-21)26(35)31-22(25(33)34)12-14-38-27(28)31/h2-13,15,24,27,36H,14,16H2,1H3,(H,29,32)(H,33,34)/t24?,27-,28+/m0/s1. The minimum absolute atomic E-state index is 0.0801. The quantitative estimate of drug-likeness (QED) is 0.169. The molecule has 0 radical (unpaired) electrons. The molecule has 1 saturated heterocycles. The maximum Gasteiger partial charge on any atom is 0.352 e. The third-order valence-corrected chi connectivity index (χ3v) is 8.92. The van der Waals surface area contributed by atoms with E-state index in [9.17, 15) is 24.7 Å². The van der Waals surface area contributed by atoms with Crippen molar-refractivity contribution in [3.05, 3.63) is 105 Å². The molecule has 194 valence electrons. The van der Waals surface area contributed by atoms with Gasteiger partial charge in [0.15, 0.2) is 5.54 Å². The number of thiophene rings is 1. The fourth-order valence-electron chi connectivity index (χ4n) is 5.10. The van der Waals surface area contributed by atoms with Crippen molar-refractivity contribution in [3.63, 3.8) is 0 Å². The Hall–Kier alpha value is -3.89. The molecule has 2 aliphatic heterocycles. The Bertz CT molecular complexity index is 1440. The van der Waals surface area contributed by atoms with Gasteiger partial charge in [-0.1, -0.05) is 65.8 Å². The summed E-state index contributed by atoms with van der Waals surface area (Å²) >= 11 is 2.85. The maximum absolute atomic E-state index is 13.8. The van der Waals surface area contributed by atoms with Crippen molar-refractivity contribution < 1.29 is 24.7 Å². The number of oxime groups is 1. The molecule has 3 atom stereocenters. The van der Waals surface area contributed by atoms with Crippen LogP contribution in [0.1, 0.15) is 34.4 Å². The lowest BCUT2D eigenvalue weighted by Crippen LogP contribution is -2.77. The van der Waals surface area contributed by atoms with E-state index in [-0.39, 0.29) is 23.9 Å². The topological polar surface area (TPSA) is 119 Å². The maximum atomic E-state index is 13.8. The van der Waals surface area contributed by atoms with Gasteiger partial charge in [0, 0.05) is 10.6 Å². The third-order valence-electron chi connectivity index (χ3n) is 6.81. The van der Waals surface area contributed by atoms with Crippen LogP contribution in [-0.4, -0.2) is 49.8 Å². The fourth-order valence-corrected chi connectivity index (χ4v) is 7.15. The number of nitrogens with one attached hydrogen (secondary N) is 1. The Morgan fingerprint density at radius 3 is 2.58 bits per heavy atom. The lowest BCUT2D eigenvalue weighted by atomic mass is 9.77. The number of rotatable bonds is 8. The summed E-state index contributed by atoms with van der Waals surface area (Å²) in [6.07, 6.45) is 1.62. The number of fused-ring (bicyclic) bond motifs is 1. The van der Waals surface area contributed by atoms with Crippen molar-refractivity contribution in [3.8, 4) is 0 Å². The second kappa shape index (κ2) is 10.5. The summed E-state index contributed by atoms with van der Waals surface area (Å²) in [6, 6.07) is 20.6. The number of aliphatic carboxylic acids is 1. The first-order valence-corrected chi connectivity index (χ1v) is 13.9. The summed E-state index contributed by atoms with van der Waals surface area (Å²) in [4.78, 5) is 41.1. The van der Waals surface area contributed by atoms with Gasteiger partial charge in [-0.25, -0.2) is 4.79 Å². The molecule has 2 aliphatic rings. The molecule has 1 aromatic heterocycles. The average molecular weight is 548 g/mol. The van der Waals surface area contributed by atoms with Gasteiger partial charge in [-0.15, -0.1) is 23.1 Å². The molecule has 2 aromatic carbocycles. The van der Waals surface area contributed by atoms with E-state index in [1.807, 2.05) is 60.0 Å². The van der Waals surface area contributed by atoms with Crippen LogP contribution in [0, 0.1) is 0 Å². The zero-order valence-electron chi connectivity index (χ0n) is 20.4. The molecule has 0 saturated carbocycles. The highest BCUT2D eigenvalue weighted by Crippen LogP contribution is 2.50. The van der Waals surface area contributed by atoms with Gasteiger partial charge in [0.2, 0.25) is 5.91 Å². The highest BCUT2D eigenvalue weighted by Gasteiger charge is 2.65. The Labute approximate surface area is 227 Å². The summed E-state index contributed by atoms with van der Waals surface area (Å²) < 4.78 is 0. The van der Waals surface area contributed by atoms with E-state index in [1.54, 1.807) is 19.1 Å². The van der Waals surface area contributed by atoms with E-state index >= 15 is 0 Å². The third kappa shape index (κ3) is 4.39. The lowest BCUT2D eigenvalue weighted by molar-refractivity contribution is -0.160. The fraction of sp³-hybridized carbons (Fsp3) is 0.214. The van der Waals surface area contributed by atoms with Crippen LogP contribution in [0.25, 0.3) is 0 Å². The number of carboxylic acids is 1. The summed E-state index contributed by atoms with van der Waals surface area (Å²) in [5, 5.41) is 27.1. The number of thioether (sulfide) groups is 1. The molecule has 38 heavy (non-hydrogen) atoms. The number of hydrogen-bond acceptors (Lipinski definition) is 7. The van der Waals surface area contributed by atoms with Gasteiger partial charge in [-0.05, 0) is 41.1 Å². The smallest absolute Gasteiger partial charge is 0.352 e. The van der Waals surface area contributed by atoms with Crippen LogP contribution < -0.4 is 5.32 Å². The number of nitrogens with zero attached hydrogens (tertiary/aromatic N) is 2. The first kappa shape index (κ1) is 25.7. The van der Waals surface area contributed by atoms with Crippen LogP contribution in [0.4, 0.5) is 0 Å². The Balaban J connectivity index is 1.59. The molecule has 10 heteroatoms. The second-order valence-electron chi connectivity index (χ2n) is 9.08. The van der Waals surface area contributed by atoms with Crippen LogP contribution in [0.2, 0.25) is 0 Å². The summed E-state index contributed by atoms with van der Waals surface area (Å²) in [5.74, 6) is -2.01. The number of hydrogen-bond donors (Lipinski definition) is 3. The predicted octanol–water partition coefficient (Wildman–Crippen LogP) is 4.17. The number of carbonyl (C=O) groups is 3. The summed E-state index contributed by atoms with van der Waals surface area (Å²) in [6.45, 7) is 1.72. The molecule has 1 fully saturated rings. The Morgan fingerprint density at radius 2 is 1.89 bits per heavy atom. The predicted molar refractivity (Wildman–Crippen MR) is 146 cm³/mol.